The largest absolute Gasteiger partial charge is 0.490 e. The van der Waals surface area contributed by atoms with Gasteiger partial charge >= 0.3 is 12.0 Å². The Morgan fingerprint density at radius 1 is 1.06 bits per heavy atom. The van der Waals surface area contributed by atoms with Crippen molar-refractivity contribution in [1.29, 1.82) is 0 Å². The number of hydrogen-bond donors (Lipinski definition) is 4. The van der Waals surface area contributed by atoms with Crippen LogP contribution in [0.3, 0.4) is 0 Å². The van der Waals surface area contributed by atoms with Gasteiger partial charge in [-0.1, -0.05) is 41.4 Å². The van der Waals surface area contributed by atoms with Gasteiger partial charge in [0.2, 0.25) is 0 Å². The number of carbonyl (C=O) groups excluding carboxylic acids is 2. The Morgan fingerprint density at radius 2 is 1.85 bits per heavy atom. The van der Waals surface area contributed by atoms with Gasteiger partial charge in [-0.2, -0.15) is 5.10 Å². The maximum atomic E-state index is 12.5. The number of aliphatic hydroxyl groups is 1. The standard InChI is InChI=1S/C34H36Cl2N4O7/c1-5-7-22-14-21(8-12-27(22)46-18-24-9-11-25(35)16-26(24)36)17-37-40-30(41)19-47-28-13-10-23(15-29(28)45-6-2)32-31(33(42)44-4)20(3)38-34(43)39-32/h5,8-17,30,32,40-41H,1,6-7,18-19H2,2-4H3,(H2,38,39,43)/b37-17-/t30-,32+/m1/s1. The molecule has 1 aliphatic rings. The third-order valence-electron chi connectivity index (χ3n) is 6.96. The highest BCUT2D eigenvalue weighted by atomic mass is 35.5. The SMILES string of the molecule is C=CCc1cc(/C=N\N[C@H](O)COc2ccc([C@@H]3NC(=O)NC(C)=C3C(=O)OC)cc2OCC)ccc1OCc1ccc(Cl)cc1Cl. The molecule has 0 bridgehead atoms. The molecule has 0 saturated carbocycles. The Hall–Kier alpha value is -4.71. The minimum atomic E-state index is -1.15. The molecule has 47 heavy (non-hydrogen) atoms. The van der Waals surface area contributed by atoms with Crippen molar-refractivity contribution in [2.24, 2.45) is 5.10 Å². The number of urea groups is 1. The number of carbonyl (C=O) groups is 2. The van der Waals surface area contributed by atoms with Crippen LogP contribution in [0.15, 0.2) is 83.6 Å². The number of nitrogens with zero attached hydrogens (tertiary/aromatic N) is 1. The number of ether oxygens (including phenoxy) is 4. The summed E-state index contributed by atoms with van der Waals surface area (Å²) in [6, 6.07) is 14.6. The molecule has 0 spiro atoms. The van der Waals surface area contributed by atoms with Crippen LogP contribution >= 0.6 is 23.2 Å². The summed E-state index contributed by atoms with van der Waals surface area (Å²) >= 11 is 12.3. The molecule has 13 heteroatoms. The lowest BCUT2D eigenvalue weighted by atomic mass is 9.95. The second kappa shape index (κ2) is 16.7. The van der Waals surface area contributed by atoms with Crippen molar-refractivity contribution in [2.75, 3.05) is 20.3 Å². The average Bonchev–Trinajstić information content (AvgIpc) is 3.04. The third-order valence-corrected chi connectivity index (χ3v) is 7.54. The van der Waals surface area contributed by atoms with Gasteiger partial charge in [0, 0.05) is 21.3 Å². The van der Waals surface area contributed by atoms with Crippen molar-refractivity contribution in [2.45, 2.75) is 39.1 Å². The summed E-state index contributed by atoms with van der Waals surface area (Å²) in [5.41, 5.74) is 6.37. The zero-order chi connectivity index (χ0) is 33.9. The van der Waals surface area contributed by atoms with Crippen LogP contribution in [0.5, 0.6) is 17.2 Å². The summed E-state index contributed by atoms with van der Waals surface area (Å²) in [4.78, 5) is 24.6. The van der Waals surface area contributed by atoms with E-state index in [4.69, 9.17) is 42.1 Å². The average molecular weight is 684 g/mol. The van der Waals surface area contributed by atoms with Gasteiger partial charge in [-0.3, -0.25) is 5.43 Å². The molecule has 0 unspecified atom stereocenters. The third kappa shape index (κ3) is 9.41. The highest BCUT2D eigenvalue weighted by Gasteiger charge is 2.32. The van der Waals surface area contributed by atoms with Gasteiger partial charge in [0.15, 0.2) is 17.7 Å². The predicted molar refractivity (Wildman–Crippen MR) is 180 cm³/mol. The Kier molecular flexibility index (Phi) is 12.5. The zero-order valence-corrected chi connectivity index (χ0v) is 27.7. The maximum absolute atomic E-state index is 12.5. The zero-order valence-electron chi connectivity index (χ0n) is 26.1. The van der Waals surface area contributed by atoms with Gasteiger partial charge in [0.1, 0.15) is 19.0 Å². The molecular weight excluding hydrogens is 647 g/mol. The van der Waals surface area contributed by atoms with E-state index >= 15 is 0 Å². The van der Waals surface area contributed by atoms with E-state index in [9.17, 15) is 14.7 Å². The van der Waals surface area contributed by atoms with E-state index in [2.05, 4.69) is 27.7 Å². The minimum absolute atomic E-state index is 0.158. The van der Waals surface area contributed by atoms with E-state index < -0.39 is 24.3 Å². The second-order valence-electron chi connectivity index (χ2n) is 10.3. The number of methoxy groups -OCH3 is 1. The lowest BCUT2D eigenvalue weighted by molar-refractivity contribution is -0.136. The van der Waals surface area contributed by atoms with Gasteiger partial charge in [0.25, 0.3) is 0 Å². The Balaban J connectivity index is 1.38. The molecule has 0 radical (unpaired) electrons. The van der Waals surface area contributed by atoms with E-state index in [-0.39, 0.29) is 18.8 Å². The highest BCUT2D eigenvalue weighted by molar-refractivity contribution is 6.35. The normalized spacial score (nSPS) is 15.0. The molecule has 1 aliphatic heterocycles. The molecule has 0 aliphatic carbocycles. The number of esters is 1. The first-order valence-corrected chi connectivity index (χ1v) is 15.4. The minimum Gasteiger partial charge on any atom is -0.490 e. The molecule has 0 saturated heterocycles. The number of nitrogens with one attached hydrogen (secondary N) is 3. The summed E-state index contributed by atoms with van der Waals surface area (Å²) in [6.07, 6.45) is 2.76. The number of allylic oxidation sites excluding steroid dienone is 2. The van der Waals surface area contributed by atoms with Crippen molar-refractivity contribution in [3.8, 4) is 17.2 Å². The smallest absolute Gasteiger partial charge is 0.337 e. The van der Waals surface area contributed by atoms with Crippen LogP contribution in [0.4, 0.5) is 4.79 Å². The second-order valence-corrected chi connectivity index (χ2v) is 11.1. The van der Waals surface area contributed by atoms with Gasteiger partial charge in [-0.05, 0) is 79.4 Å². The Labute approximate surface area is 283 Å². The fraction of sp³-hybridized carbons (Fsp3) is 0.265. The van der Waals surface area contributed by atoms with Crippen LogP contribution in [-0.2, 0) is 22.6 Å². The van der Waals surface area contributed by atoms with E-state index in [1.807, 2.05) is 31.2 Å². The van der Waals surface area contributed by atoms with E-state index in [0.29, 0.717) is 51.6 Å². The van der Waals surface area contributed by atoms with E-state index in [1.165, 1.54) is 7.11 Å². The van der Waals surface area contributed by atoms with Crippen LogP contribution in [0, 0.1) is 0 Å². The number of amides is 2. The van der Waals surface area contributed by atoms with Gasteiger partial charge < -0.3 is 34.7 Å². The molecule has 0 fully saturated rings. The quantitative estimate of drug-likeness (QED) is 0.0517. The van der Waals surface area contributed by atoms with E-state index in [0.717, 1.165) is 16.7 Å². The molecule has 2 amide bonds. The van der Waals surface area contributed by atoms with Crippen LogP contribution in [-0.4, -0.2) is 49.9 Å². The Bertz CT molecular complexity index is 1680. The molecule has 3 aromatic carbocycles. The lowest BCUT2D eigenvalue weighted by Gasteiger charge is -2.28. The van der Waals surface area contributed by atoms with Crippen molar-refractivity contribution in [1.82, 2.24) is 16.1 Å². The molecule has 4 N–H and O–H groups in total. The molecule has 11 nitrogen and oxygen atoms in total. The van der Waals surface area contributed by atoms with Crippen molar-refractivity contribution >= 4 is 41.4 Å². The van der Waals surface area contributed by atoms with Gasteiger partial charge in [-0.15, -0.1) is 6.58 Å². The highest BCUT2D eigenvalue weighted by Crippen LogP contribution is 2.35. The molecule has 0 aromatic heterocycles. The van der Waals surface area contributed by atoms with E-state index in [1.54, 1.807) is 49.5 Å². The first-order valence-electron chi connectivity index (χ1n) is 14.7. The summed E-state index contributed by atoms with van der Waals surface area (Å²) in [5.74, 6) is 0.825. The summed E-state index contributed by atoms with van der Waals surface area (Å²) < 4.78 is 22.5. The van der Waals surface area contributed by atoms with Crippen LogP contribution in [0.25, 0.3) is 0 Å². The Morgan fingerprint density at radius 3 is 2.57 bits per heavy atom. The number of hydrazone groups is 1. The van der Waals surface area contributed by atoms with Crippen LogP contribution < -0.4 is 30.3 Å². The topological polar surface area (TPSA) is 140 Å². The number of benzene rings is 3. The molecule has 1 heterocycles. The first kappa shape index (κ1) is 35.1. The maximum Gasteiger partial charge on any atom is 0.337 e. The molecule has 2 atom stereocenters. The van der Waals surface area contributed by atoms with Crippen LogP contribution in [0.1, 0.15) is 42.1 Å². The monoisotopic (exact) mass is 682 g/mol. The van der Waals surface area contributed by atoms with Gasteiger partial charge in [-0.25, -0.2) is 9.59 Å². The molecule has 248 valence electrons. The molecule has 4 rings (SSSR count). The fourth-order valence-electron chi connectivity index (χ4n) is 4.75. The predicted octanol–water partition coefficient (Wildman–Crippen LogP) is 5.82. The lowest BCUT2D eigenvalue weighted by Crippen LogP contribution is -2.45. The summed E-state index contributed by atoms with van der Waals surface area (Å²) in [6.45, 7) is 7.71. The summed E-state index contributed by atoms with van der Waals surface area (Å²) in [5, 5.41) is 21.1. The number of halogens is 2. The fourth-order valence-corrected chi connectivity index (χ4v) is 5.21. The van der Waals surface area contributed by atoms with Gasteiger partial charge in [0.05, 0.1) is 31.5 Å². The summed E-state index contributed by atoms with van der Waals surface area (Å²) in [7, 11) is 1.27. The molecule has 3 aromatic rings. The van der Waals surface area contributed by atoms with Crippen molar-refractivity contribution < 1.29 is 33.6 Å². The van der Waals surface area contributed by atoms with Crippen molar-refractivity contribution in [3.05, 3.63) is 111 Å². The number of rotatable bonds is 15. The first-order chi connectivity index (χ1) is 22.6. The van der Waals surface area contributed by atoms with Crippen molar-refractivity contribution in [3.63, 3.8) is 0 Å². The molecular formula is C34H36Cl2N4O7. The number of hydrogen-bond acceptors (Lipinski definition) is 9. The van der Waals surface area contributed by atoms with Crippen LogP contribution in [0.2, 0.25) is 10.0 Å². The number of aliphatic hydroxyl groups excluding tert-OH is 1.